The van der Waals surface area contributed by atoms with E-state index < -0.39 is 6.10 Å². The van der Waals surface area contributed by atoms with Crippen LogP contribution in [0.5, 0.6) is 0 Å². The Morgan fingerprint density at radius 3 is 2.57 bits per heavy atom. The van der Waals surface area contributed by atoms with Crippen molar-refractivity contribution >= 4 is 11.8 Å². The van der Waals surface area contributed by atoms with Crippen molar-refractivity contribution in [1.82, 2.24) is 10.2 Å². The third-order valence-electron chi connectivity index (χ3n) is 4.76. The molecule has 5 heteroatoms. The second-order valence-electron chi connectivity index (χ2n) is 7.51. The van der Waals surface area contributed by atoms with Gasteiger partial charge in [-0.15, -0.1) is 0 Å². The monoisotopic (exact) mass is 296 g/mol. The molecule has 0 radical (unpaired) electrons. The fraction of sp³-hybridized carbons (Fsp3) is 0.875. The Hall–Kier alpha value is -1.10. The number of rotatable bonds is 4. The summed E-state index contributed by atoms with van der Waals surface area (Å²) in [6.45, 7) is 6.59. The van der Waals surface area contributed by atoms with Gasteiger partial charge >= 0.3 is 0 Å². The van der Waals surface area contributed by atoms with E-state index >= 15 is 0 Å². The van der Waals surface area contributed by atoms with Crippen molar-refractivity contribution in [2.24, 2.45) is 11.3 Å². The molecule has 2 amide bonds. The summed E-state index contributed by atoms with van der Waals surface area (Å²) >= 11 is 0. The van der Waals surface area contributed by atoms with Gasteiger partial charge in [-0.05, 0) is 18.3 Å². The van der Waals surface area contributed by atoms with E-state index in [0.29, 0.717) is 19.0 Å². The minimum atomic E-state index is -0.579. The lowest BCUT2D eigenvalue weighted by Crippen LogP contribution is -2.42. The van der Waals surface area contributed by atoms with Gasteiger partial charge in [-0.3, -0.25) is 9.59 Å². The van der Waals surface area contributed by atoms with Gasteiger partial charge in [-0.25, -0.2) is 0 Å². The summed E-state index contributed by atoms with van der Waals surface area (Å²) < 4.78 is 0. The van der Waals surface area contributed by atoms with Gasteiger partial charge in [-0.1, -0.05) is 33.6 Å². The minimum absolute atomic E-state index is 0.104. The van der Waals surface area contributed by atoms with Gasteiger partial charge in [0, 0.05) is 25.6 Å². The maximum Gasteiger partial charge on any atom is 0.225 e. The lowest BCUT2D eigenvalue weighted by atomic mass is 9.89. The van der Waals surface area contributed by atoms with Crippen LogP contribution in [0.15, 0.2) is 0 Å². The molecule has 1 aliphatic heterocycles. The highest BCUT2D eigenvalue weighted by molar-refractivity contribution is 5.89. The second-order valence-corrected chi connectivity index (χ2v) is 7.51. The van der Waals surface area contributed by atoms with Gasteiger partial charge in [-0.2, -0.15) is 0 Å². The molecule has 2 atom stereocenters. The first-order valence-electron chi connectivity index (χ1n) is 8.04. The maximum atomic E-state index is 12.2. The van der Waals surface area contributed by atoms with Gasteiger partial charge in [0.15, 0.2) is 0 Å². The number of hydrogen-bond acceptors (Lipinski definition) is 3. The molecule has 2 fully saturated rings. The van der Waals surface area contributed by atoms with Gasteiger partial charge in [0.25, 0.3) is 0 Å². The second kappa shape index (κ2) is 6.34. The topological polar surface area (TPSA) is 69.6 Å². The van der Waals surface area contributed by atoms with Crippen molar-refractivity contribution in [3.63, 3.8) is 0 Å². The zero-order valence-corrected chi connectivity index (χ0v) is 13.4. The van der Waals surface area contributed by atoms with Gasteiger partial charge in [0.1, 0.15) is 0 Å². The number of aliphatic hydroxyl groups excluding tert-OH is 1. The highest BCUT2D eigenvalue weighted by Crippen LogP contribution is 2.29. The lowest BCUT2D eigenvalue weighted by molar-refractivity contribution is -0.130. The Morgan fingerprint density at radius 2 is 2.00 bits per heavy atom. The molecule has 0 aromatic heterocycles. The Morgan fingerprint density at radius 1 is 1.38 bits per heavy atom. The van der Waals surface area contributed by atoms with E-state index in [9.17, 15) is 14.7 Å². The Bertz CT molecular complexity index is 397. The molecule has 21 heavy (non-hydrogen) atoms. The number of amides is 2. The summed E-state index contributed by atoms with van der Waals surface area (Å²) in [5.41, 5.74) is -0.255. The number of carbonyl (C=O) groups is 2. The van der Waals surface area contributed by atoms with Crippen LogP contribution in [-0.2, 0) is 9.59 Å². The molecule has 0 aromatic rings. The molecular weight excluding hydrogens is 268 g/mol. The first-order chi connectivity index (χ1) is 9.79. The van der Waals surface area contributed by atoms with E-state index in [-0.39, 0.29) is 29.7 Å². The summed E-state index contributed by atoms with van der Waals surface area (Å²) in [5, 5.41) is 12.8. The summed E-state index contributed by atoms with van der Waals surface area (Å²) in [6, 6.07) is 0.343. The quantitative estimate of drug-likeness (QED) is 0.821. The number of likely N-dealkylation sites (tertiary alicyclic amines) is 1. The Labute approximate surface area is 127 Å². The average molecular weight is 296 g/mol. The first kappa shape index (κ1) is 16.3. The summed E-state index contributed by atoms with van der Waals surface area (Å²) in [6.07, 6.45) is 4.25. The highest BCUT2D eigenvalue weighted by atomic mass is 16.3. The van der Waals surface area contributed by atoms with Crippen LogP contribution in [0.4, 0.5) is 0 Å². The third-order valence-corrected chi connectivity index (χ3v) is 4.76. The lowest BCUT2D eigenvalue weighted by Gasteiger charge is -2.26. The predicted molar refractivity (Wildman–Crippen MR) is 80.5 cm³/mol. The van der Waals surface area contributed by atoms with Crippen molar-refractivity contribution in [1.29, 1.82) is 0 Å². The van der Waals surface area contributed by atoms with Crippen molar-refractivity contribution in [3.05, 3.63) is 0 Å². The van der Waals surface area contributed by atoms with Crippen LogP contribution in [0, 0.1) is 11.3 Å². The maximum absolute atomic E-state index is 12.2. The van der Waals surface area contributed by atoms with Gasteiger partial charge in [0.2, 0.25) is 11.8 Å². The largest absolute Gasteiger partial charge is 0.391 e. The predicted octanol–water partition coefficient (Wildman–Crippen LogP) is 1.30. The smallest absolute Gasteiger partial charge is 0.225 e. The minimum Gasteiger partial charge on any atom is -0.391 e. The number of hydrogen-bond donors (Lipinski definition) is 2. The van der Waals surface area contributed by atoms with Gasteiger partial charge < -0.3 is 15.3 Å². The number of carbonyl (C=O) groups excluding carboxylic acids is 2. The molecule has 2 aliphatic rings. The van der Waals surface area contributed by atoms with Crippen molar-refractivity contribution < 1.29 is 14.7 Å². The van der Waals surface area contributed by atoms with E-state index in [1.165, 1.54) is 12.8 Å². The standard InChI is InChI=1S/C16H28N2O3/c1-16(2,3)13(19)9-17-15(21)11-8-14(20)18(10-11)12-6-4-5-7-12/h11-13,19H,4-10H2,1-3H3,(H,17,21). The molecule has 0 bridgehead atoms. The van der Waals surface area contributed by atoms with Crippen LogP contribution < -0.4 is 5.32 Å². The first-order valence-corrected chi connectivity index (χ1v) is 8.04. The van der Waals surface area contributed by atoms with E-state index in [0.717, 1.165) is 12.8 Å². The summed E-state index contributed by atoms with van der Waals surface area (Å²) in [4.78, 5) is 26.2. The zero-order valence-electron chi connectivity index (χ0n) is 13.4. The Kier molecular flexibility index (Phi) is 4.91. The molecule has 2 unspecified atom stereocenters. The number of aliphatic hydroxyl groups is 1. The van der Waals surface area contributed by atoms with Crippen LogP contribution in [0.1, 0.15) is 52.9 Å². The fourth-order valence-electron chi connectivity index (χ4n) is 3.12. The fourth-order valence-corrected chi connectivity index (χ4v) is 3.12. The molecule has 1 heterocycles. The van der Waals surface area contributed by atoms with Crippen LogP contribution >= 0.6 is 0 Å². The van der Waals surface area contributed by atoms with E-state index in [4.69, 9.17) is 0 Å². The zero-order chi connectivity index (χ0) is 15.6. The number of nitrogens with one attached hydrogen (secondary N) is 1. The third kappa shape index (κ3) is 3.96. The van der Waals surface area contributed by atoms with E-state index in [1.54, 1.807) is 0 Å². The normalized spacial score (nSPS) is 25.4. The average Bonchev–Trinajstić information content (AvgIpc) is 3.02. The molecular formula is C16H28N2O3. The van der Waals surface area contributed by atoms with Crippen LogP contribution in [0.2, 0.25) is 0 Å². The van der Waals surface area contributed by atoms with Crippen LogP contribution in [0.25, 0.3) is 0 Å². The molecule has 2 rings (SSSR count). The molecule has 1 saturated carbocycles. The van der Waals surface area contributed by atoms with Crippen molar-refractivity contribution in [2.45, 2.75) is 65.0 Å². The van der Waals surface area contributed by atoms with Crippen molar-refractivity contribution in [2.75, 3.05) is 13.1 Å². The Balaban J connectivity index is 1.82. The number of nitrogens with zero attached hydrogens (tertiary/aromatic N) is 1. The molecule has 0 spiro atoms. The van der Waals surface area contributed by atoms with Gasteiger partial charge in [0.05, 0.1) is 12.0 Å². The molecule has 1 aliphatic carbocycles. The van der Waals surface area contributed by atoms with Crippen molar-refractivity contribution in [3.8, 4) is 0 Å². The van der Waals surface area contributed by atoms with Crippen LogP contribution in [0.3, 0.4) is 0 Å². The van der Waals surface area contributed by atoms with E-state index in [1.807, 2.05) is 25.7 Å². The molecule has 120 valence electrons. The summed E-state index contributed by atoms with van der Waals surface area (Å²) in [5.74, 6) is -0.254. The SMILES string of the molecule is CC(C)(C)C(O)CNC(=O)C1CC(=O)N(C2CCCC2)C1. The molecule has 2 N–H and O–H groups in total. The molecule has 0 aromatic carbocycles. The highest BCUT2D eigenvalue weighted by Gasteiger charge is 2.38. The van der Waals surface area contributed by atoms with Crippen LogP contribution in [-0.4, -0.2) is 47.1 Å². The molecule has 1 saturated heterocycles. The van der Waals surface area contributed by atoms with E-state index in [2.05, 4.69) is 5.32 Å². The molecule has 5 nitrogen and oxygen atoms in total. The summed E-state index contributed by atoms with van der Waals surface area (Å²) in [7, 11) is 0.